The highest BCUT2D eigenvalue weighted by molar-refractivity contribution is 5.66. The molecular weight excluding hydrogens is 222 g/mol. The van der Waals surface area contributed by atoms with E-state index < -0.39 is 5.97 Å². The van der Waals surface area contributed by atoms with Crippen molar-refractivity contribution < 1.29 is 20.1 Å². The lowest BCUT2D eigenvalue weighted by atomic mass is 10.1. The standard InChI is InChI=1S/C12H17NO4/c1-8(13-7-3-6-11(16)17)12-9(14)4-2-5-10(12)15/h2,4-5,8,13-15H,3,6-7H2,1H3,(H,16,17). The number of carboxylic acids is 1. The number of carbonyl (C=O) groups is 1. The van der Waals surface area contributed by atoms with Crippen LogP contribution in [0.2, 0.25) is 0 Å². The van der Waals surface area contributed by atoms with E-state index in [1.54, 1.807) is 13.0 Å². The molecule has 0 aliphatic heterocycles. The number of hydrogen-bond donors (Lipinski definition) is 4. The third-order valence-corrected chi connectivity index (χ3v) is 2.51. The Morgan fingerprint density at radius 3 is 2.47 bits per heavy atom. The molecule has 0 saturated carbocycles. The average Bonchev–Trinajstić information content (AvgIpc) is 2.24. The topological polar surface area (TPSA) is 89.8 Å². The van der Waals surface area contributed by atoms with Gasteiger partial charge in [0.25, 0.3) is 0 Å². The van der Waals surface area contributed by atoms with Gasteiger partial charge in [-0.25, -0.2) is 0 Å². The molecule has 1 aromatic carbocycles. The van der Waals surface area contributed by atoms with E-state index in [1.165, 1.54) is 12.1 Å². The Hall–Kier alpha value is -1.75. The van der Waals surface area contributed by atoms with Gasteiger partial charge in [0.2, 0.25) is 0 Å². The van der Waals surface area contributed by atoms with Gasteiger partial charge >= 0.3 is 5.97 Å². The highest BCUT2D eigenvalue weighted by Gasteiger charge is 2.14. The fourth-order valence-electron chi connectivity index (χ4n) is 1.65. The van der Waals surface area contributed by atoms with Crippen molar-refractivity contribution in [2.45, 2.75) is 25.8 Å². The summed E-state index contributed by atoms with van der Waals surface area (Å²) in [6.07, 6.45) is 0.612. The number of phenolic OH excluding ortho intramolecular Hbond substituents is 2. The number of hydrogen-bond acceptors (Lipinski definition) is 4. The number of benzene rings is 1. The average molecular weight is 239 g/mol. The fraction of sp³-hybridized carbons (Fsp3) is 0.417. The summed E-state index contributed by atoms with van der Waals surface area (Å²) in [5.74, 6) is -0.767. The number of aliphatic carboxylic acids is 1. The molecule has 4 N–H and O–H groups in total. The molecule has 0 aliphatic carbocycles. The summed E-state index contributed by atoms with van der Waals surface area (Å²) in [5.41, 5.74) is 0.433. The molecular formula is C12H17NO4. The number of aromatic hydroxyl groups is 2. The maximum Gasteiger partial charge on any atom is 0.303 e. The molecule has 1 rings (SSSR count). The Labute approximate surface area is 99.7 Å². The van der Waals surface area contributed by atoms with Gasteiger partial charge in [0.15, 0.2) is 0 Å². The summed E-state index contributed by atoms with van der Waals surface area (Å²) in [7, 11) is 0. The Bertz CT molecular complexity index is 372. The minimum Gasteiger partial charge on any atom is -0.507 e. The number of carboxylic acid groups (broad SMARTS) is 1. The third kappa shape index (κ3) is 3.96. The summed E-state index contributed by atoms with van der Waals surface area (Å²) in [4.78, 5) is 10.3. The molecule has 0 bridgehead atoms. The molecule has 1 unspecified atom stereocenters. The van der Waals surface area contributed by atoms with Gasteiger partial charge in [-0.05, 0) is 32.0 Å². The van der Waals surface area contributed by atoms with Gasteiger partial charge in [0, 0.05) is 12.5 Å². The van der Waals surface area contributed by atoms with Crippen molar-refractivity contribution in [3.8, 4) is 11.5 Å². The monoisotopic (exact) mass is 239 g/mol. The first-order valence-electron chi connectivity index (χ1n) is 5.48. The second kappa shape index (κ2) is 6.10. The third-order valence-electron chi connectivity index (χ3n) is 2.51. The maximum atomic E-state index is 10.3. The van der Waals surface area contributed by atoms with Crippen molar-refractivity contribution in [1.29, 1.82) is 0 Å². The SMILES string of the molecule is CC(NCCCC(=O)O)c1c(O)cccc1O. The van der Waals surface area contributed by atoms with E-state index >= 15 is 0 Å². The van der Waals surface area contributed by atoms with Crippen LogP contribution in [0.4, 0.5) is 0 Å². The van der Waals surface area contributed by atoms with Gasteiger partial charge in [-0.1, -0.05) is 6.07 Å². The van der Waals surface area contributed by atoms with Crippen LogP contribution in [0.3, 0.4) is 0 Å². The number of rotatable bonds is 6. The first kappa shape index (κ1) is 13.3. The van der Waals surface area contributed by atoms with E-state index in [-0.39, 0.29) is 24.0 Å². The number of nitrogens with one attached hydrogen (secondary N) is 1. The van der Waals surface area contributed by atoms with Gasteiger partial charge in [-0.3, -0.25) is 4.79 Å². The predicted molar refractivity (Wildman–Crippen MR) is 63.1 cm³/mol. The van der Waals surface area contributed by atoms with Crippen molar-refractivity contribution >= 4 is 5.97 Å². The molecule has 5 nitrogen and oxygen atoms in total. The van der Waals surface area contributed by atoms with Crippen molar-refractivity contribution in [3.05, 3.63) is 23.8 Å². The lowest BCUT2D eigenvalue weighted by Gasteiger charge is -2.16. The van der Waals surface area contributed by atoms with Crippen LogP contribution < -0.4 is 5.32 Å². The zero-order valence-electron chi connectivity index (χ0n) is 9.68. The lowest BCUT2D eigenvalue weighted by molar-refractivity contribution is -0.137. The van der Waals surface area contributed by atoms with Crippen LogP contribution in [-0.4, -0.2) is 27.8 Å². The molecule has 94 valence electrons. The van der Waals surface area contributed by atoms with Crippen molar-refractivity contribution in [1.82, 2.24) is 5.32 Å². The van der Waals surface area contributed by atoms with Gasteiger partial charge in [-0.15, -0.1) is 0 Å². The molecule has 17 heavy (non-hydrogen) atoms. The zero-order chi connectivity index (χ0) is 12.8. The molecule has 0 aromatic heterocycles. The Balaban J connectivity index is 2.52. The smallest absolute Gasteiger partial charge is 0.303 e. The Morgan fingerprint density at radius 1 is 1.35 bits per heavy atom. The molecule has 0 fully saturated rings. The van der Waals surface area contributed by atoms with Crippen molar-refractivity contribution in [2.75, 3.05) is 6.54 Å². The van der Waals surface area contributed by atoms with Crippen LogP contribution >= 0.6 is 0 Å². The molecule has 5 heteroatoms. The highest BCUT2D eigenvalue weighted by atomic mass is 16.4. The minimum absolute atomic E-state index is 0.0308. The molecule has 0 amide bonds. The maximum absolute atomic E-state index is 10.3. The first-order valence-corrected chi connectivity index (χ1v) is 5.48. The second-order valence-electron chi connectivity index (χ2n) is 3.88. The molecule has 0 aliphatic rings. The molecule has 0 saturated heterocycles. The van der Waals surface area contributed by atoms with Crippen LogP contribution in [0, 0.1) is 0 Å². The summed E-state index contributed by atoms with van der Waals surface area (Å²) in [5, 5.41) is 30.8. The van der Waals surface area contributed by atoms with Gasteiger partial charge < -0.3 is 20.6 Å². The van der Waals surface area contributed by atoms with Crippen LogP contribution in [0.1, 0.15) is 31.4 Å². The molecule has 0 heterocycles. The largest absolute Gasteiger partial charge is 0.507 e. The quantitative estimate of drug-likeness (QED) is 0.566. The molecule has 1 aromatic rings. The van der Waals surface area contributed by atoms with Crippen LogP contribution in [0.25, 0.3) is 0 Å². The summed E-state index contributed by atoms with van der Waals surface area (Å²) in [6, 6.07) is 4.34. The Kier molecular flexibility index (Phi) is 4.78. The number of phenols is 2. The summed E-state index contributed by atoms with van der Waals surface area (Å²) in [6.45, 7) is 2.32. The van der Waals surface area contributed by atoms with E-state index in [9.17, 15) is 15.0 Å². The first-order chi connectivity index (χ1) is 8.02. The highest BCUT2D eigenvalue weighted by Crippen LogP contribution is 2.31. The van der Waals surface area contributed by atoms with Crippen molar-refractivity contribution in [2.24, 2.45) is 0 Å². The van der Waals surface area contributed by atoms with Gasteiger partial charge in [0.1, 0.15) is 11.5 Å². The van der Waals surface area contributed by atoms with E-state index in [1.807, 2.05) is 0 Å². The van der Waals surface area contributed by atoms with Crippen molar-refractivity contribution in [3.63, 3.8) is 0 Å². The van der Waals surface area contributed by atoms with Crippen LogP contribution in [0.5, 0.6) is 11.5 Å². The lowest BCUT2D eigenvalue weighted by Crippen LogP contribution is -2.20. The summed E-state index contributed by atoms with van der Waals surface area (Å²) < 4.78 is 0. The van der Waals surface area contributed by atoms with E-state index in [0.29, 0.717) is 18.5 Å². The fourth-order valence-corrected chi connectivity index (χ4v) is 1.65. The summed E-state index contributed by atoms with van der Waals surface area (Å²) >= 11 is 0. The van der Waals surface area contributed by atoms with E-state index in [2.05, 4.69) is 5.32 Å². The van der Waals surface area contributed by atoms with Crippen LogP contribution in [-0.2, 0) is 4.79 Å². The zero-order valence-corrected chi connectivity index (χ0v) is 9.68. The van der Waals surface area contributed by atoms with Crippen LogP contribution in [0.15, 0.2) is 18.2 Å². The minimum atomic E-state index is -0.829. The molecule has 0 radical (unpaired) electrons. The molecule has 0 spiro atoms. The van der Waals surface area contributed by atoms with E-state index in [0.717, 1.165) is 0 Å². The second-order valence-corrected chi connectivity index (χ2v) is 3.88. The Morgan fingerprint density at radius 2 is 1.94 bits per heavy atom. The predicted octanol–water partition coefficient (Wildman–Crippen LogP) is 1.61. The van der Waals surface area contributed by atoms with Gasteiger partial charge in [0.05, 0.1) is 5.56 Å². The van der Waals surface area contributed by atoms with E-state index in [4.69, 9.17) is 5.11 Å². The molecule has 1 atom stereocenters. The van der Waals surface area contributed by atoms with Gasteiger partial charge in [-0.2, -0.15) is 0 Å². The normalized spacial score (nSPS) is 12.3.